The van der Waals surface area contributed by atoms with Crippen LogP contribution >= 0.6 is 31.9 Å². The van der Waals surface area contributed by atoms with Gasteiger partial charge in [-0.1, -0.05) is 129 Å². The fourth-order valence-electron chi connectivity index (χ4n) is 7.83. The molecule has 0 radical (unpaired) electrons. The third-order valence-corrected chi connectivity index (χ3v) is 11.2. The molecule has 6 aromatic carbocycles. The van der Waals surface area contributed by atoms with Crippen LogP contribution in [-0.4, -0.2) is 24.0 Å². The van der Waals surface area contributed by atoms with Crippen molar-refractivity contribution >= 4 is 65.2 Å². The summed E-state index contributed by atoms with van der Waals surface area (Å²) in [5, 5.41) is 28.5. The van der Waals surface area contributed by atoms with Crippen molar-refractivity contribution in [3.8, 4) is 6.07 Å². The molecule has 5 atom stereocenters. The third-order valence-electron chi connectivity index (χ3n) is 10.2. The molecule has 0 spiro atoms. The van der Waals surface area contributed by atoms with Gasteiger partial charge in [0.2, 0.25) is 0 Å². The summed E-state index contributed by atoms with van der Waals surface area (Å²) in [6, 6.07) is 43.9. The largest absolute Gasteiger partial charge is 0.468 e. The molecule has 0 aromatic heterocycles. The van der Waals surface area contributed by atoms with Gasteiger partial charge in [-0.15, -0.1) is 0 Å². The molecule has 0 aliphatic heterocycles. The van der Waals surface area contributed by atoms with Gasteiger partial charge in [-0.2, -0.15) is 5.26 Å². The summed E-state index contributed by atoms with van der Waals surface area (Å²) in [6.45, 7) is 0. The van der Waals surface area contributed by atoms with Crippen molar-refractivity contribution < 1.29 is 19.4 Å². The van der Waals surface area contributed by atoms with Gasteiger partial charge in [-0.3, -0.25) is 9.59 Å². The van der Waals surface area contributed by atoms with E-state index in [1.54, 1.807) is 6.07 Å². The Labute approximate surface area is 301 Å². The van der Waals surface area contributed by atoms with Crippen LogP contribution in [0.4, 0.5) is 0 Å². The molecule has 49 heavy (non-hydrogen) atoms. The summed E-state index contributed by atoms with van der Waals surface area (Å²) in [5.74, 6) is -4.36. The number of hydrogen-bond acceptors (Lipinski definition) is 5. The van der Waals surface area contributed by atoms with Crippen molar-refractivity contribution in [3.05, 3.63) is 165 Å². The number of aliphatic hydroxyl groups is 1. The Hall–Kier alpha value is -4.61. The topological polar surface area (TPSA) is 87.4 Å². The standard InChI is InChI=1S/C42H31Br2NO4/c1-49-40(47)41(25-45)36(28-13-18-34(43)19-14-28)24-42(48,33-17-12-27-7-3-5-9-31(27)23-33)38(37(41)29-15-20-35(44)21-16-29)39(46)32-11-10-26-6-2-4-8-30(26)22-32/h2-23,36-38,48H,24H2,1H3/t36-,37+,38-,41+,42-/m0/s1. The van der Waals surface area contributed by atoms with E-state index in [1.165, 1.54) is 7.11 Å². The first-order valence-corrected chi connectivity index (χ1v) is 17.5. The van der Waals surface area contributed by atoms with Crippen molar-refractivity contribution in [1.82, 2.24) is 0 Å². The van der Waals surface area contributed by atoms with Gasteiger partial charge in [0.15, 0.2) is 11.2 Å². The van der Waals surface area contributed by atoms with Crippen LogP contribution in [0.1, 0.15) is 45.3 Å². The van der Waals surface area contributed by atoms with E-state index < -0.39 is 34.7 Å². The Balaban J connectivity index is 1.57. The maximum Gasteiger partial charge on any atom is 0.327 e. The number of carbonyl (C=O) groups is 2. The highest BCUT2D eigenvalue weighted by Crippen LogP contribution is 2.64. The van der Waals surface area contributed by atoms with Crippen LogP contribution < -0.4 is 0 Å². The molecule has 5 nitrogen and oxygen atoms in total. The maximum absolute atomic E-state index is 15.3. The Morgan fingerprint density at radius 3 is 1.84 bits per heavy atom. The lowest BCUT2D eigenvalue weighted by Gasteiger charge is -2.54. The number of Topliss-reactive ketones (excluding diaryl/α,β-unsaturated/α-hetero) is 1. The first-order valence-electron chi connectivity index (χ1n) is 15.9. The van der Waals surface area contributed by atoms with Gasteiger partial charge < -0.3 is 9.84 Å². The fraction of sp³-hybridized carbons (Fsp3) is 0.167. The number of ketones is 1. The third kappa shape index (κ3) is 5.58. The van der Waals surface area contributed by atoms with Crippen LogP contribution in [0, 0.1) is 22.7 Å². The van der Waals surface area contributed by atoms with Gasteiger partial charge in [-0.05, 0) is 81.1 Å². The van der Waals surface area contributed by atoms with Crippen LogP contribution in [0.5, 0.6) is 0 Å². The number of nitrogens with zero attached hydrogens (tertiary/aromatic N) is 1. The Bertz CT molecular complexity index is 2260. The quantitative estimate of drug-likeness (QED) is 0.135. The first-order chi connectivity index (χ1) is 23.7. The number of hydrogen-bond donors (Lipinski definition) is 1. The molecule has 1 aliphatic rings. The molecule has 1 saturated carbocycles. The zero-order valence-electron chi connectivity index (χ0n) is 26.5. The highest BCUT2D eigenvalue weighted by molar-refractivity contribution is 9.10. The van der Waals surface area contributed by atoms with Gasteiger partial charge in [0, 0.05) is 26.3 Å². The lowest BCUT2D eigenvalue weighted by atomic mass is 9.47. The van der Waals surface area contributed by atoms with Gasteiger partial charge in [0.05, 0.1) is 19.1 Å². The van der Waals surface area contributed by atoms with E-state index >= 15 is 4.79 Å². The van der Waals surface area contributed by atoms with Gasteiger partial charge >= 0.3 is 5.97 Å². The van der Waals surface area contributed by atoms with Gasteiger partial charge in [0.1, 0.15) is 5.60 Å². The molecule has 242 valence electrons. The molecule has 1 fully saturated rings. The van der Waals surface area contributed by atoms with Crippen molar-refractivity contribution in [1.29, 1.82) is 5.26 Å². The highest BCUT2D eigenvalue weighted by Gasteiger charge is 2.67. The number of rotatable bonds is 6. The molecule has 0 unspecified atom stereocenters. The van der Waals surface area contributed by atoms with Crippen LogP contribution in [-0.2, 0) is 15.1 Å². The van der Waals surface area contributed by atoms with Crippen molar-refractivity contribution in [2.24, 2.45) is 11.3 Å². The van der Waals surface area contributed by atoms with E-state index in [0.717, 1.165) is 30.5 Å². The lowest BCUT2D eigenvalue weighted by Crippen LogP contribution is -2.59. The lowest BCUT2D eigenvalue weighted by molar-refractivity contribution is -0.162. The molecular weight excluding hydrogens is 742 g/mol. The smallest absolute Gasteiger partial charge is 0.327 e. The minimum Gasteiger partial charge on any atom is -0.468 e. The molecule has 6 aromatic rings. The van der Waals surface area contributed by atoms with Gasteiger partial charge in [-0.25, -0.2) is 0 Å². The maximum atomic E-state index is 15.3. The van der Waals surface area contributed by atoms with Gasteiger partial charge in [0.25, 0.3) is 0 Å². The van der Waals surface area contributed by atoms with Crippen LogP contribution in [0.25, 0.3) is 21.5 Å². The average molecular weight is 774 g/mol. The number of ether oxygens (including phenoxy) is 1. The zero-order chi connectivity index (χ0) is 34.3. The van der Waals surface area contributed by atoms with E-state index in [9.17, 15) is 15.2 Å². The molecule has 0 amide bonds. The van der Waals surface area contributed by atoms with Crippen LogP contribution in [0.3, 0.4) is 0 Å². The number of benzene rings is 6. The Morgan fingerprint density at radius 2 is 1.27 bits per heavy atom. The minimum absolute atomic E-state index is 0.0906. The number of nitriles is 1. The number of halogens is 2. The molecule has 0 bridgehead atoms. The minimum atomic E-state index is -1.89. The number of carbonyl (C=O) groups excluding carboxylic acids is 2. The summed E-state index contributed by atoms with van der Waals surface area (Å²) in [6.07, 6.45) is -0.0906. The molecule has 0 heterocycles. The van der Waals surface area contributed by atoms with Crippen LogP contribution in [0.2, 0.25) is 0 Å². The number of esters is 1. The normalized spacial score (nSPS) is 23.5. The zero-order valence-corrected chi connectivity index (χ0v) is 29.7. The van der Waals surface area contributed by atoms with E-state index in [2.05, 4.69) is 37.9 Å². The van der Waals surface area contributed by atoms with E-state index in [0.29, 0.717) is 22.3 Å². The summed E-state index contributed by atoms with van der Waals surface area (Å²) < 4.78 is 7.10. The second kappa shape index (κ2) is 13.0. The molecule has 1 N–H and O–H groups in total. The molecule has 1 aliphatic carbocycles. The van der Waals surface area contributed by atoms with E-state index in [4.69, 9.17) is 4.74 Å². The van der Waals surface area contributed by atoms with Crippen LogP contribution in [0.15, 0.2) is 142 Å². The van der Waals surface area contributed by atoms with Crippen molar-refractivity contribution in [3.63, 3.8) is 0 Å². The summed E-state index contributed by atoms with van der Waals surface area (Å²) in [4.78, 5) is 29.7. The van der Waals surface area contributed by atoms with Crippen molar-refractivity contribution in [2.45, 2.75) is 23.9 Å². The molecular formula is C42H31Br2NO4. The number of fused-ring (bicyclic) bond motifs is 2. The highest BCUT2D eigenvalue weighted by atomic mass is 79.9. The van der Waals surface area contributed by atoms with E-state index in [1.807, 2.05) is 127 Å². The SMILES string of the molecule is COC(=O)[C@@]1(C#N)[C@H](c2ccc(Br)cc2)[C@@H](C(=O)c2ccc3ccccc3c2)[C@@](O)(c2ccc3ccccc3c2)C[C@H]1c1ccc(Br)cc1. The predicted octanol–water partition coefficient (Wildman–Crippen LogP) is 9.86. The Morgan fingerprint density at radius 1 is 0.735 bits per heavy atom. The fourth-order valence-corrected chi connectivity index (χ4v) is 8.36. The summed E-state index contributed by atoms with van der Waals surface area (Å²) in [7, 11) is 1.27. The summed E-state index contributed by atoms with van der Waals surface area (Å²) in [5.41, 5.74) is -1.56. The average Bonchev–Trinajstić information content (AvgIpc) is 3.14. The monoisotopic (exact) mass is 771 g/mol. The first kappa shape index (κ1) is 32.9. The Kier molecular flexibility index (Phi) is 8.74. The molecule has 0 saturated heterocycles. The molecule has 7 heteroatoms. The summed E-state index contributed by atoms with van der Waals surface area (Å²) >= 11 is 7.03. The second-order valence-electron chi connectivity index (χ2n) is 12.7. The molecule has 7 rings (SSSR count). The predicted molar refractivity (Wildman–Crippen MR) is 198 cm³/mol. The van der Waals surface area contributed by atoms with E-state index in [-0.39, 0.29) is 12.2 Å². The number of methoxy groups -OCH3 is 1. The second-order valence-corrected chi connectivity index (χ2v) is 14.5. The van der Waals surface area contributed by atoms with Crippen molar-refractivity contribution in [2.75, 3.05) is 7.11 Å².